The van der Waals surface area contributed by atoms with Crippen molar-refractivity contribution in [1.29, 1.82) is 0 Å². The summed E-state index contributed by atoms with van der Waals surface area (Å²) in [7, 11) is 0. The van der Waals surface area contributed by atoms with Crippen LogP contribution in [0.3, 0.4) is 0 Å². The minimum absolute atomic E-state index is 0.0136. The zero-order valence-corrected chi connectivity index (χ0v) is 16.1. The van der Waals surface area contributed by atoms with Gasteiger partial charge in [0, 0.05) is 12.3 Å². The molecular formula is C20H20N3OS2+. The fraction of sp³-hybridized carbons (Fsp3) is 0.200. The molecule has 0 radical (unpaired) electrons. The van der Waals surface area contributed by atoms with Crippen molar-refractivity contribution in [3.8, 4) is 0 Å². The molecule has 0 aliphatic heterocycles. The lowest BCUT2D eigenvalue weighted by Gasteiger charge is -2.18. The second kappa shape index (κ2) is 7.53. The quantitative estimate of drug-likeness (QED) is 0.557. The highest BCUT2D eigenvalue weighted by Crippen LogP contribution is 2.09. The smallest absolute Gasteiger partial charge is 0.258 e. The molecule has 0 saturated heterocycles. The predicted octanol–water partition coefficient (Wildman–Crippen LogP) is 2.91. The Morgan fingerprint density at radius 2 is 1.69 bits per heavy atom. The SMILES string of the molecule is Cc1ccc2nc(C[NH+](Cc3cccs3)Cc3cccs3)cc(=O)n2c1. The molecule has 26 heavy (non-hydrogen) atoms. The summed E-state index contributed by atoms with van der Waals surface area (Å²) in [5, 5.41) is 4.22. The third kappa shape index (κ3) is 3.93. The van der Waals surface area contributed by atoms with E-state index in [1.807, 2.05) is 25.3 Å². The number of rotatable bonds is 6. The first kappa shape index (κ1) is 17.1. The van der Waals surface area contributed by atoms with Crippen molar-refractivity contribution < 1.29 is 4.90 Å². The molecule has 4 aromatic heterocycles. The molecule has 0 aliphatic carbocycles. The molecule has 0 saturated carbocycles. The lowest BCUT2D eigenvalue weighted by atomic mass is 10.3. The zero-order valence-electron chi connectivity index (χ0n) is 14.5. The molecule has 0 unspecified atom stereocenters. The number of thiophene rings is 2. The van der Waals surface area contributed by atoms with E-state index in [0.29, 0.717) is 5.65 Å². The first-order valence-electron chi connectivity index (χ1n) is 8.55. The predicted molar refractivity (Wildman–Crippen MR) is 107 cm³/mol. The Morgan fingerprint density at radius 3 is 2.31 bits per heavy atom. The van der Waals surface area contributed by atoms with Crippen LogP contribution in [-0.2, 0) is 19.6 Å². The van der Waals surface area contributed by atoms with E-state index in [9.17, 15) is 4.79 Å². The van der Waals surface area contributed by atoms with E-state index >= 15 is 0 Å². The normalized spacial score (nSPS) is 11.5. The van der Waals surface area contributed by atoms with Crippen molar-refractivity contribution in [2.24, 2.45) is 0 Å². The van der Waals surface area contributed by atoms with Gasteiger partial charge in [0.05, 0.1) is 9.75 Å². The molecule has 4 aromatic rings. The van der Waals surface area contributed by atoms with Crippen LogP contribution < -0.4 is 10.5 Å². The Kier molecular flexibility index (Phi) is 4.97. The average molecular weight is 383 g/mol. The lowest BCUT2D eigenvalue weighted by Crippen LogP contribution is -3.08. The average Bonchev–Trinajstić information content (AvgIpc) is 3.30. The maximum Gasteiger partial charge on any atom is 0.258 e. The first-order chi connectivity index (χ1) is 12.7. The highest BCUT2D eigenvalue weighted by atomic mass is 32.1. The Balaban J connectivity index is 1.63. The summed E-state index contributed by atoms with van der Waals surface area (Å²) in [6, 6.07) is 14.1. The van der Waals surface area contributed by atoms with Crippen LogP contribution in [0.4, 0.5) is 0 Å². The number of aromatic nitrogens is 2. The fourth-order valence-corrected chi connectivity index (χ4v) is 4.66. The van der Waals surface area contributed by atoms with Crippen LogP contribution in [-0.4, -0.2) is 9.38 Å². The van der Waals surface area contributed by atoms with Gasteiger partial charge < -0.3 is 4.90 Å². The molecule has 0 fully saturated rings. The van der Waals surface area contributed by atoms with Crippen LogP contribution in [0.2, 0.25) is 0 Å². The number of quaternary nitrogens is 1. The van der Waals surface area contributed by atoms with Gasteiger partial charge in [-0.1, -0.05) is 18.2 Å². The molecule has 132 valence electrons. The van der Waals surface area contributed by atoms with Gasteiger partial charge in [-0.3, -0.25) is 9.20 Å². The second-order valence-corrected chi connectivity index (χ2v) is 8.52. The van der Waals surface area contributed by atoms with E-state index in [1.165, 1.54) is 14.7 Å². The highest BCUT2D eigenvalue weighted by Gasteiger charge is 2.15. The van der Waals surface area contributed by atoms with Crippen molar-refractivity contribution >= 4 is 28.3 Å². The van der Waals surface area contributed by atoms with Crippen LogP contribution in [0.5, 0.6) is 0 Å². The van der Waals surface area contributed by atoms with Gasteiger partial charge >= 0.3 is 0 Å². The summed E-state index contributed by atoms with van der Waals surface area (Å²) in [5.41, 5.74) is 2.60. The van der Waals surface area contributed by atoms with Crippen LogP contribution >= 0.6 is 22.7 Å². The zero-order chi connectivity index (χ0) is 17.9. The summed E-state index contributed by atoms with van der Waals surface area (Å²) in [6.07, 6.45) is 1.84. The molecular weight excluding hydrogens is 362 g/mol. The van der Waals surface area contributed by atoms with Crippen molar-refractivity contribution in [3.63, 3.8) is 0 Å². The van der Waals surface area contributed by atoms with Crippen LogP contribution in [0, 0.1) is 6.92 Å². The van der Waals surface area contributed by atoms with Crippen molar-refractivity contribution in [2.75, 3.05) is 0 Å². The summed E-state index contributed by atoms with van der Waals surface area (Å²) < 4.78 is 1.62. The number of pyridine rings is 1. The number of aryl methyl sites for hydroxylation is 1. The summed E-state index contributed by atoms with van der Waals surface area (Å²) in [6.45, 7) is 4.58. The molecule has 0 atom stereocenters. The molecule has 6 heteroatoms. The van der Waals surface area contributed by atoms with E-state index in [1.54, 1.807) is 33.1 Å². The fourth-order valence-electron chi connectivity index (χ4n) is 3.11. The summed E-state index contributed by atoms with van der Waals surface area (Å²) in [4.78, 5) is 21.3. The van der Waals surface area contributed by atoms with Crippen molar-refractivity contribution in [3.05, 3.63) is 90.8 Å². The Labute approximate surface area is 160 Å². The minimum atomic E-state index is -0.0136. The Morgan fingerprint density at radius 1 is 1.00 bits per heavy atom. The molecule has 0 spiro atoms. The number of nitrogens with zero attached hydrogens (tertiary/aromatic N) is 2. The Bertz CT molecular complexity index is 1020. The van der Waals surface area contributed by atoms with Gasteiger partial charge in [-0.2, -0.15) is 0 Å². The number of hydrogen-bond acceptors (Lipinski definition) is 4. The van der Waals surface area contributed by atoms with E-state index in [4.69, 9.17) is 4.98 Å². The van der Waals surface area contributed by atoms with Crippen LogP contribution in [0.15, 0.2) is 64.2 Å². The largest absolute Gasteiger partial charge is 0.321 e. The number of fused-ring (bicyclic) bond motifs is 1. The second-order valence-electron chi connectivity index (χ2n) is 6.46. The first-order valence-corrected chi connectivity index (χ1v) is 10.3. The molecule has 0 aromatic carbocycles. The molecule has 4 rings (SSSR count). The number of nitrogens with one attached hydrogen (secondary N) is 1. The van der Waals surface area contributed by atoms with Gasteiger partial charge in [0.2, 0.25) is 0 Å². The lowest BCUT2D eigenvalue weighted by molar-refractivity contribution is -0.940. The number of hydrogen-bond donors (Lipinski definition) is 1. The van der Waals surface area contributed by atoms with Gasteiger partial charge in [0.25, 0.3) is 5.56 Å². The van der Waals surface area contributed by atoms with Crippen LogP contribution in [0.25, 0.3) is 5.65 Å². The van der Waals surface area contributed by atoms with Gasteiger partial charge in [0.1, 0.15) is 31.0 Å². The standard InChI is InChI=1S/C20H19N3OS2/c1-15-6-7-19-21-16(10-20(24)23(19)11-15)12-22(13-17-4-2-8-25-17)14-18-5-3-9-26-18/h2-11H,12-14H2,1H3/p+1. The third-order valence-corrected chi connectivity index (χ3v) is 6.05. The van der Waals surface area contributed by atoms with E-state index in [2.05, 4.69) is 35.0 Å². The molecule has 0 amide bonds. The third-order valence-electron chi connectivity index (χ3n) is 4.30. The van der Waals surface area contributed by atoms with Gasteiger partial charge in [-0.25, -0.2) is 4.98 Å². The van der Waals surface area contributed by atoms with Gasteiger partial charge in [-0.05, 0) is 41.4 Å². The highest BCUT2D eigenvalue weighted by molar-refractivity contribution is 7.10. The molecule has 4 nitrogen and oxygen atoms in total. The topological polar surface area (TPSA) is 38.8 Å². The molecule has 0 aliphatic rings. The summed E-state index contributed by atoms with van der Waals surface area (Å²) >= 11 is 3.56. The van der Waals surface area contributed by atoms with Crippen molar-refractivity contribution in [2.45, 2.75) is 26.6 Å². The monoisotopic (exact) mass is 382 g/mol. The minimum Gasteiger partial charge on any atom is -0.321 e. The van der Waals surface area contributed by atoms with Crippen molar-refractivity contribution in [1.82, 2.24) is 9.38 Å². The molecule has 1 N–H and O–H groups in total. The molecule has 0 bridgehead atoms. The Hall–Kier alpha value is -2.28. The van der Waals surface area contributed by atoms with E-state index in [-0.39, 0.29) is 5.56 Å². The molecule has 4 heterocycles. The van der Waals surface area contributed by atoms with Gasteiger partial charge in [0.15, 0.2) is 0 Å². The van der Waals surface area contributed by atoms with E-state index in [0.717, 1.165) is 30.9 Å². The van der Waals surface area contributed by atoms with Crippen LogP contribution in [0.1, 0.15) is 21.0 Å². The maximum atomic E-state index is 12.5. The summed E-state index contributed by atoms with van der Waals surface area (Å²) in [5.74, 6) is 0. The maximum absolute atomic E-state index is 12.5. The van der Waals surface area contributed by atoms with E-state index < -0.39 is 0 Å². The van der Waals surface area contributed by atoms with Gasteiger partial charge in [-0.15, -0.1) is 22.7 Å².